The number of nitrogens with one attached hydrogen (secondary N) is 1. The SMILES string of the molecule is [2H]OC([2H])([2H])[C@@]1([2H])O[C@@]([2H])(N2C(=O)N([2H])C(=O)C([2H])([2H])C2[2H])[C@]([2H])(O[2H])[C@]1([2H])O[2H]. The first-order valence-electron chi connectivity index (χ1n) is 10.4. The van der Waals surface area contributed by atoms with E-state index in [0.29, 0.717) is 0 Å². The molecule has 8 nitrogen and oxygen atoms in total. The maximum Gasteiger partial charge on any atom is 0.326 e. The van der Waals surface area contributed by atoms with Crippen LogP contribution < -0.4 is 5.31 Å². The van der Waals surface area contributed by atoms with Gasteiger partial charge in [-0.05, 0) is 0 Å². The number of amides is 3. The molecule has 0 bridgehead atoms. The average Bonchev–Trinajstić information content (AvgIpc) is 2.82. The Hall–Kier alpha value is -1.22. The zero-order chi connectivity index (χ0) is 23.7. The second-order valence-electron chi connectivity index (χ2n) is 2.84. The van der Waals surface area contributed by atoms with Crippen molar-refractivity contribution in [3.05, 3.63) is 0 Å². The predicted molar refractivity (Wildman–Crippen MR) is 52.6 cm³/mol. The lowest BCUT2D eigenvalue weighted by Gasteiger charge is -2.32. The summed E-state index contributed by atoms with van der Waals surface area (Å²) in [4.78, 5) is 23.8. The predicted octanol–water partition coefficient (Wildman–Crippen LogP) is -2.63. The van der Waals surface area contributed by atoms with Gasteiger partial charge in [-0.1, -0.05) is 0 Å². The second kappa shape index (κ2) is 4.57. The molecule has 2 rings (SSSR count). The summed E-state index contributed by atoms with van der Waals surface area (Å²) >= 11 is 0. The number of aliphatic hydroxyl groups is 3. The van der Waals surface area contributed by atoms with Crippen molar-refractivity contribution in [1.29, 1.82) is 4.29 Å². The van der Waals surface area contributed by atoms with Gasteiger partial charge in [0.15, 0.2) is 7.62 Å². The zero-order valence-electron chi connectivity index (χ0n) is 20.9. The van der Waals surface area contributed by atoms with Crippen LogP contribution >= 0.6 is 0 Å². The van der Waals surface area contributed by atoms with Crippen LogP contribution in [0.3, 0.4) is 0 Å². The Balaban J connectivity index is 2.84. The highest BCUT2D eigenvalue weighted by Gasteiger charge is 2.47. The van der Waals surface area contributed by atoms with Crippen LogP contribution in [0.2, 0.25) is 1.41 Å². The largest absolute Gasteiger partial charge is 0.394 e. The van der Waals surface area contributed by atoms with Gasteiger partial charge < -0.3 is 20.1 Å². The van der Waals surface area contributed by atoms with E-state index in [2.05, 4.69) is 15.3 Å². The first-order valence-corrected chi connectivity index (χ1v) is 4.12. The fourth-order valence-corrected chi connectivity index (χ4v) is 1.11. The molecule has 8 heteroatoms. The van der Waals surface area contributed by atoms with E-state index in [1.54, 1.807) is 0 Å². The van der Waals surface area contributed by atoms with Crippen molar-refractivity contribution < 1.29 is 43.4 Å². The summed E-state index contributed by atoms with van der Waals surface area (Å²) in [6.45, 7) is -6.58. The van der Waals surface area contributed by atoms with Gasteiger partial charge in [0.1, 0.15) is 18.2 Å². The van der Waals surface area contributed by atoms with Crippen molar-refractivity contribution in [2.75, 3.05) is 13.1 Å². The molecule has 0 aliphatic carbocycles. The van der Waals surface area contributed by atoms with Crippen LogP contribution in [0.4, 0.5) is 4.79 Å². The minimum Gasteiger partial charge on any atom is -0.394 e. The summed E-state index contributed by atoms with van der Waals surface area (Å²) in [5.74, 6) is -1.84. The van der Waals surface area contributed by atoms with Crippen molar-refractivity contribution >= 4 is 11.9 Å². The van der Waals surface area contributed by atoms with Crippen molar-refractivity contribution in [3.8, 4) is 0 Å². The van der Waals surface area contributed by atoms with Gasteiger partial charge >= 0.3 is 6.03 Å². The first-order chi connectivity index (χ1) is 13.4. The summed E-state index contributed by atoms with van der Waals surface area (Å²) in [6.07, 6.45) is -19.1. The molecule has 0 aromatic carbocycles. The molecule has 2 saturated heterocycles. The summed E-state index contributed by atoms with van der Waals surface area (Å²) in [5, 5.41) is 10.8. The Bertz CT molecular complexity index is 759. The molecule has 2 heterocycles. The maximum absolute atomic E-state index is 12.4. The highest BCUT2D eigenvalue weighted by Crippen LogP contribution is 2.25. The number of imide groups is 1. The molecule has 1 unspecified atom stereocenters. The van der Waals surface area contributed by atoms with Crippen LogP contribution in [0.15, 0.2) is 0 Å². The molecule has 17 heavy (non-hydrogen) atoms. The van der Waals surface area contributed by atoms with Gasteiger partial charge in [0.25, 0.3) is 0 Å². The monoisotopic (exact) mass is 259 g/mol. The fourth-order valence-electron chi connectivity index (χ4n) is 1.11. The van der Waals surface area contributed by atoms with Gasteiger partial charge in [-0.3, -0.25) is 15.0 Å². The van der Waals surface area contributed by atoms with E-state index in [0.717, 1.165) is 0 Å². The van der Waals surface area contributed by atoms with Crippen LogP contribution in [0.5, 0.6) is 0 Å². The molecule has 4 N–H and O–H groups in total. The van der Waals surface area contributed by atoms with Gasteiger partial charge in [-0.2, -0.15) is 0 Å². The minimum absolute atomic E-state index is 0.457. The molecule has 2 fully saturated rings. The third-order valence-electron chi connectivity index (χ3n) is 1.84. The molecule has 5 atom stereocenters. The Morgan fingerprint density at radius 3 is 3.24 bits per heavy atom. The Morgan fingerprint density at radius 2 is 2.53 bits per heavy atom. The Kier molecular flexibility index (Phi) is 1.05. The molecular formula is C9H14N2O6. The fraction of sp³-hybridized carbons (Fsp3) is 0.778. The average molecular weight is 259 g/mol. The van der Waals surface area contributed by atoms with Crippen molar-refractivity contribution in [2.24, 2.45) is 0 Å². The summed E-state index contributed by atoms with van der Waals surface area (Å²) in [6, 6.07) is -1.98. The molecular weight excluding hydrogens is 232 g/mol. The number of rotatable bonds is 5. The summed E-state index contributed by atoms with van der Waals surface area (Å²) in [7, 11) is 0. The van der Waals surface area contributed by atoms with E-state index in [9.17, 15) is 9.59 Å². The molecule has 0 radical (unpaired) electrons. The summed E-state index contributed by atoms with van der Waals surface area (Å²) < 4.78 is 104. The lowest BCUT2D eigenvalue weighted by molar-refractivity contribution is -0.125. The second-order valence-corrected chi connectivity index (χ2v) is 2.84. The standard InChI is InChI=1S/C9H14N2O6/c12-3-4-6(14)7(15)8(17-4)11-2-1-5(13)10-9(11)16/h4,6-8,12,14-15H,1-3H2,(H,10,13,16)/t4-,6-,7-,8-/m1/s1/i1D2,2D,3D2,4D,6D,7D,8D,12D,14D,15D/hD/t2?,4-,6-,7-,8-. The van der Waals surface area contributed by atoms with E-state index in [-0.39, 0.29) is 0 Å². The number of nitrogens with zero attached hydrogens (tertiary/aromatic N) is 1. The number of hydrogen-bond acceptors (Lipinski definition) is 6. The third kappa shape index (κ3) is 2.12. The van der Waals surface area contributed by atoms with Gasteiger partial charge in [-0.25, -0.2) is 4.79 Å². The van der Waals surface area contributed by atoms with Crippen molar-refractivity contribution in [2.45, 2.75) is 30.8 Å². The van der Waals surface area contributed by atoms with Crippen LogP contribution in [0, 0.1) is 0 Å². The van der Waals surface area contributed by atoms with Gasteiger partial charge in [0, 0.05) is 15.6 Å². The van der Waals surface area contributed by atoms with E-state index in [1.165, 1.54) is 0 Å². The normalized spacial score (nSPS) is 75.3. The molecule has 0 spiro atoms. The highest BCUT2D eigenvalue weighted by atomic mass is 16.6. The van der Waals surface area contributed by atoms with Crippen LogP contribution in [0.1, 0.15) is 18.7 Å². The van der Waals surface area contributed by atoms with Crippen LogP contribution in [-0.4, -0.2) is 74.0 Å². The smallest absolute Gasteiger partial charge is 0.326 e. The minimum atomic E-state index is -3.93. The topological polar surface area (TPSA) is 119 Å². The zero-order valence-corrected chi connectivity index (χ0v) is 7.92. The number of hydrogen-bond donors (Lipinski definition) is 4. The number of carbonyl (C=O) groups is 2. The first kappa shape index (κ1) is 3.89. The van der Waals surface area contributed by atoms with E-state index in [4.69, 9.17) is 22.8 Å². The number of urea groups is 1. The van der Waals surface area contributed by atoms with Crippen molar-refractivity contribution in [1.82, 2.24) is 10.2 Å². The molecule has 2 aliphatic heterocycles. The Labute approximate surface area is 115 Å². The molecule has 0 aromatic rings. The molecule has 96 valence electrons. The number of carbonyl (C=O) groups excluding carboxylic acids is 2. The summed E-state index contributed by atoms with van der Waals surface area (Å²) in [5.41, 5.74) is 0. The maximum atomic E-state index is 12.4. The van der Waals surface area contributed by atoms with Gasteiger partial charge in [0.05, 0.1) is 16.2 Å². The third-order valence-corrected chi connectivity index (χ3v) is 1.84. The van der Waals surface area contributed by atoms with Crippen molar-refractivity contribution in [3.63, 3.8) is 0 Å². The molecule has 3 amide bonds. The quantitative estimate of drug-likeness (QED) is 0.429. The van der Waals surface area contributed by atoms with E-state index >= 15 is 0 Å². The number of ether oxygens (including phenoxy) is 1. The molecule has 0 aromatic heterocycles. The Morgan fingerprint density at radius 1 is 1.71 bits per heavy atom. The van der Waals surface area contributed by atoms with Gasteiger partial charge in [0.2, 0.25) is 10.2 Å². The van der Waals surface area contributed by atoms with Gasteiger partial charge in [-0.15, -0.1) is 0 Å². The van der Waals surface area contributed by atoms with E-state index < -0.39 is 66.0 Å². The van der Waals surface area contributed by atoms with E-state index in [1.807, 2.05) is 0 Å². The lowest BCUT2D eigenvalue weighted by atomic mass is 10.1. The van der Waals surface area contributed by atoms with Crippen LogP contribution in [0.25, 0.3) is 0 Å². The highest BCUT2D eigenvalue weighted by molar-refractivity contribution is 5.96. The molecule has 2 aliphatic rings. The van der Waals surface area contributed by atoms with Crippen LogP contribution in [-0.2, 0) is 9.53 Å². The lowest BCUT2D eigenvalue weighted by Crippen LogP contribution is -2.56. The molecule has 0 saturated carbocycles.